The standard InChI is InChI=1S/C10H15ClN6/c1-3-13-9-14-8(11)15-10(16-9)17(4-2)7-5-6-12/h3-5,7H2,1-2H3,(H,13,14,15,16). The van der Waals surface area contributed by atoms with E-state index in [0.717, 1.165) is 0 Å². The monoisotopic (exact) mass is 254 g/mol. The van der Waals surface area contributed by atoms with Gasteiger partial charge in [0.15, 0.2) is 0 Å². The van der Waals surface area contributed by atoms with Crippen LogP contribution in [0.1, 0.15) is 20.3 Å². The first kappa shape index (κ1) is 13.5. The number of halogens is 1. The van der Waals surface area contributed by atoms with E-state index in [2.05, 4.69) is 26.3 Å². The van der Waals surface area contributed by atoms with Gasteiger partial charge in [-0.05, 0) is 25.4 Å². The summed E-state index contributed by atoms with van der Waals surface area (Å²) in [6.45, 7) is 5.93. The second kappa shape index (κ2) is 6.86. The summed E-state index contributed by atoms with van der Waals surface area (Å²) in [6.07, 6.45) is 0.424. The molecule has 0 bridgehead atoms. The molecule has 17 heavy (non-hydrogen) atoms. The Hall–Kier alpha value is -1.61. The van der Waals surface area contributed by atoms with Gasteiger partial charge in [-0.1, -0.05) is 0 Å². The summed E-state index contributed by atoms with van der Waals surface area (Å²) in [5, 5.41) is 11.7. The molecule has 0 aliphatic rings. The maximum Gasteiger partial charge on any atom is 0.231 e. The molecule has 92 valence electrons. The zero-order chi connectivity index (χ0) is 12.7. The molecule has 0 saturated heterocycles. The second-order valence-electron chi connectivity index (χ2n) is 3.25. The molecule has 1 aromatic heterocycles. The predicted octanol–water partition coefficient (Wildman–Crippen LogP) is 1.70. The van der Waals surface area contributed by atoms with Crippen LogP contribution >= 0.6 is 11.6 Å². The van der Waals surface area contributed by atoms with E-state index in [1.54, 1.807) is 0 Å². The number of hydrogen-bond acceptors (Lipinski definition) is 6. The summed E-state index contributed by atoms with van der Waals surface area (Å²) < 4.78 is 0. The third-order valence-electron chi connectivity index (χ3n) is 2.09. The van der Waals surface area contributed by atoms with Gasteiger partial charge in [-0.25, -0.2) is 0 Å². The van der Waals surface area contributed by atoms with Gasteiger partial charge in [-0.15, -0.1) is 0 Å². The SMILES string of the molecule is CCNc1nc(Cl)nc(N(CC)CCC#N)n1. The third-order valence-corrected chi connectivity index (χ3v) is 2.26. The van der Waals surface area contributed by atoms with Crippen molar-refractivity contribution < 1.29 is 0 Å². The third kappa shape index (κ3) is 4.04. The van der Waals surface area contributed by atoms with Crippen molar-refractivity contribution >= 4 is 23.5 Å². The van der Waals surface area contributed by atoms with Crippen molar-refractivity contribution in [3.8, 4) is 6.07 Å². The molecule has 0 atom stereocenters. The van der Waals surface area contributed by atoms with Crippen molar-refractivity contribution in [3.63, 3.8) is 0 Å². The van der Waals surface area contributed by atoms with Gasteiger partial charge in [-0.3, -0.25) is 0 Å². The van der Waals surface area contributed by atoms with Crippen LogP contribution in [0.2, 0.25) is 5.28 Å². The summed E-state index contributed by atoms with van der Waals surface area (Å²) in [5.41, 5.74) is 0. The molecule has 0 saturated carbocycles. The molecule has 0 radical (unpaired) electrons. The molecule has 0 fully saturated rings. The minimum absolute atomic E-state index is 0.154. The highest BCUT2D eigenvalue weighted by Crippen LogP contribution is 2.13. The molecule has 1 heterocycles. The zero-order valence-electron chi connectivity index (χ0n) is 9.94. The lowest BCUT2D eigenvalue weighted by Crippen LogP contribution is -2.26. The van der Waals surface area contributed by atoms with Crippen molar-refractivity contribution in [2.45, 2.75) is 20.3 Å². The summed E-state index contributed by atoms with van der Waals surface area (Å²) in [4.78, 5) is 14.2. The molecule has 0 aliphatic heterocycles. The lowest BCUT2D eigenvalue weighted by molar-refractivity contribution is 0.784. The number of rotatable bonds is 6. The van der Waals surface area contributed by atoms with Gasteiger partial charge < -0.3 is 10.2 Å². The number of nitrogens with one attached hydrogen (secondary N) is 1. The van der Waals surface area contributed by atoms with E-state index in [-0.39, 0.29) is 5.28 Å². The van der Waals surface area contributed by atoms with Crippen molar-refractivity contribution in [2.75, 3.05) is 29.9 Å². The molecular formula is C10H15ClN6. The first-order valence-electron chi connectivity index (χ1n) is 5.48. The molecule has 0 unspecified atom stereocenters. The lowest BCUT2D eigenvalue weighted by atomic mass is 10.4. The van der Waals surface area contributed by atoms with Gasteiger partial charge in [0.2, 0.25) is 17.2 Å². The van der Waals surface area contributed by atoms with Crippen LogP contribution in [0, 0.1) is 11.3 Å². The van der Waals surface area contributed by atoms with E-state index in [0.29, 0.717) is 38.0 Å². The van der Waals surface area contributed by atoms with Gasteiger partial charge in [-0.2, -0.15) is 20.2 Å². The van der Waals surface area contributed by atoms with Crippen LogP contribution in [0.5, 0.6) is 0 Å². The Morgan fingerprint density at radius 3 is 2.71 bits per heavy atom. The van der Waals surface area contributed by atoms with E-state index in [4.69, 9.17) is 16.9 Å². The summed E-state index contributed by atoms with van der Waals surface area (Å²) in [6, 6.07) is 2.10. The first-order chi connectivity index (χ1) is 8.21. The van der Waals surface area contributed by atoms with Crippen molar-refractivity contribution in [1.29, 1.82) is 5.26 Å². The Morgan fingerprint density at radius 2 is 2.12 bits per heavy atom. The summed E-state index contributed by atoms with van der Waals surface area (Å²) in [5.74, 6) is 0.955. The molecule has 7 heteroatoms. The van der Waals surface area contributed by atoms with Crippen molar-refractivity contribution in [3.05, 3.63) is 5.28 Å². The molecule has 0 spiro atoms. The van der Waals surface area contributed by atoms with E-state index < -0.39 is 0 Å². The van der Waals surface area contributed by atoms with Crippen LogP contribution in [0.15, 0.2) is 0 Å². The predicted molar refractivity (Wildman–Crippen MR) is 67.1 cm³/mol. The lowest BCUT2D eigenvalue weighted by Gasteiger charge is -2.19. The fraction of sp³-hybridized carbons (Fsp3) is 0.600. The molecule has 0 amide bonds. The quantitative estimate of drug-likeness (QED) is 0.833. The number of aromatic nitrogens is 3. The smallest absolute Gasteiger partial charge is 0.231 e. The van der Waals surface area contributed by atoms with Crippen molar-refractivity contribution in [2.24, 2.45) is 0 Å². The Morgan fingerprint density at radius 1 is 1.35 bits per heavy atom. The largest absolute Gasteiger partial charge is 0.354 e. The molecule has 0 aliphatic carbocycles. The number of nitrogens with zero attached hydrogens (tertiary/aromatic N) is 5. The molecule has 1 rings (SSSR count). The van der Waals surface area contributed by atoms with Gasteiger partial charge >= 0.3 is 0 Å². The summed E-state index contributed by atoms with van der Waals surface area (Å²) >= 11 is 5.83. The number of hydrogen-bond donors (Lipinski definition) is 1. The Labute approximate surface area is 106 Å². The minimum Gasteiger partial charge on any atom is -0.354 e. The molecule has 1 N–H and O–H groups in total. The van der Waals surface area contributed by atoms with Crippen LogP contribution in [0.25, 0.3) is 0 Å². The Balaban J connectivity index is 2.90. The van der Waals surface area contributed by atoms with Gasteiger partial charge in [0, 0.05) is 19.6 Å². The number of nitriles is 1. The fourth-order valence-electron chi connectivity index (χ4n) is 1.30. The second-order valence-corrected chi connectivity index (χ2v) is 3.58. The van der Waals surface area contributed by atoms with E-state index in [1.807, 2.05) is 18.7 Å². The van der Waals surface area contributed by atoms with E-state index >= 15 is 0 Å². The van der Waals surface area contributed by atoms with Gasteiger partial charge in [0.05, 0.1) is 12.5 Å². The minimum atomic E-state index is 0.154. The number of anilines is 2. The van der Waals surface area contributed by atoms with Crippen LogP contribution in [-0.4, -0.2) is 34.6 Å². The highest BCUT2D eigenvalue weighted by atomic mass is 35.5. The van der Waals surface area contributed by atoms with Crippen molar-refractivity contribution in [1.82, 2.24) is 15.0 Å². The van der Waals surface area contributed by atoms with Gasteiger partial charge in [0.25, 0.3) is 0 Å². The topological polar surface area (TPSA) is 77.7 Å². The van der Waals surface area contributed by atoms with E-state index in [1.165, 1.54) is 0 Å². The zero-order valence-corrected chi connectivity index (χ0v) is 10.7. The fourth-order valence-corrected chi connectivity index (χ4v) is 1.46. The summed E-state index contributed by atoms with van der Waals surface area (Å²) in [7, 11) is 0. The maximum atomic E-state index is 8.58. The van der Waals surface area contributed by atoms with E-state index in [9.17, 15) is 0 Å². The van der Waals surface area contributed by atoms with Crippen LogP contribution in [0.4, 0.5) is 11.9 Å². The van der Waals surface area contributed by atoms with Crippen LogP contribution in [-0.2, 0) is 0 Å². The molecule has 6 nitrogen and oxygen atoms in total. The molecule has 1 aromatic rings. The Bertz CT molecular complexity index is 402. The normalized spacial score (nSPS) is 9.76. The average Bonchev–Trinajstić information content (AvgIpc) is 2.30. The maximum absolute atomic E-state index is 8.58. The average molecular weight is 255 g/mol. The molecule has 0 aromatic carbocycles. The Kier molecular flexibility index (Phi) is 5.43. The van der Waals surface area contributed by atoms with Crippen LogP contribution in [0.3, 0.4) is 0 Å². The highest BCUT2D eigenvalue weighted by Gasteiger charge is 2.10. The highest BCUT2D eigenvalue weighted by molar-refractivity contribution is 6.28. The molecular weight excluding hydrogens is 240 g/mol. The van der Waals surface area contributed by atoms with Gasteiger partial charge in [0.1, 0.15) is 0 Å². The first-order valence-corrected chi connectivity index (χ1v) is 5.86. The van der Waals surface area contributed by atoms with Crippen LogP contribution < -0.4 is 10.2 Å².